The maximum Gasteiger partial charge on any atom is 0.304 e. The van der Waals surface area contributed by atoms with E-state index in [2.05, 4.69) is 15.4 Å². The van der Waals surface area contributed by atoms with E-state index in [0.717, 1.165) is 0 Å². The second-order valence-corrected chi connectivity index (χ2v) is 9.63. The average molecular weight is 437 g/mol. The molecule has 168 valence electrons. The first kappa shape index (κ1) is 26.8. The minimum Gasteiger partial charge on any atom is -0.481 e. The number of hydrogen-bond acceptors (Lipinski definition) is 6. The first-order valence-corrected chi connectivity index (χ1v) is 10.8. The molecule has 0 aliphatic carbocycles. The van der Waals surface area contributed by atoms with E-state index in [9.17, 15) is 27.6 Å². The zero-order valence-electron chi connectivity index (χ0n) is 17.4. The molecule has 1 unspecified atom stereocenters. The summed E-state index contributed by atoms with van der Waals surface area (Å²) in [6, 6.07) is -2.11. The molecule has 0 spiro atoms. The topological polar surface area (TPSA) is 185 Å². The highest BCUT2D eigenvalue weighted by atomic mass is 32.2. The molecule has 0 aliphatic heterocycles. The first-order valence-electron chi connectivity index (χ1n) is 9.24. The highest BCUT2D eigenvalue weighted by molar-refractivity contribution is 7.90. The Labute approximate surface area is 171 Å². The highest BCUT2D eigenvalue weighted by Gasteiger charge is 2.34. The molecule has 3 atom stereocenters. The molecule has 0 aromatic rings. The predicted octanol–water partition coefficient (Wildman–Crippen LogP) is -1.07. The van der Waals surface area contributed by atoms with Crippen LogP contribution in [0.15, 0.2) is 0 Å². The Morgan fingerprint density at radius 3 is 2.00 bits per heavy atom. The number of carboxylic acid groups (broad SMARTS) is 1. The summed E-state index contributed by atoms with van der Waals surface area (Å²) in [6.07, 6.45) is -0.481. The summed E-state index contributed by atoms with van der Waals surface area (Å²) in [5.74, 6) is -3.74. The third-order valence-corrected chi connectivity index (χ3v) is 5.80. The predicted molar refractivity (Wildman–Crippen MR) is 106 cm³/mol. The van der Waals surface area contributed by atoms with Gasteiger partial charge in [0, 0.05) is 13.5 Å². The third kappa shape index (κ3) is 10.2. The molecule has 0 aromatic carbocycles. The fourth-order valence-corrected chi connectivity index (χ4v) is 4.17. The standard InChI is InChI=1S/C17H32N4O7S/c1-9(2)6-13(20-11(5)22)17(26)19-8-12(7-14(23)24)29(27,28)21-15(10(3)4)16(18)25/h9-10,12-13,15,21H,6-8H2,1-5H3,(H2,18,25)(H,19,26)(H,20,22)(H,23,24)/t12?,13-,15-/m0/s1. The van der Waals surface area contributed by atoms with E-state index in [4.69, 9.17) is 10.8 Å². The van der Waals surface area contributed by atoms with Gasteiger partial charge in [-0.1, -0.05) is 27.7 Å². The lowest BCUT2D eigenvalue weighted by molar-refractivity contribution is -0.137. The molecule has 6 N–H and O–H groups in total. The van der Waals surface area contributed by atoms with Crippen LogP contribution in [0.4, 0.5) is 0 Å². The van der Waals surface area contributed by atoms with Crippen LogP contribution in [0.3, 0.4) is 0 Å². The molecule has 0 saturated carbocycles. The summed E-state index contributed by atoms with van der Waals surface area (Å²) in [5, 5.41) is 12.4. The van der Waals surface area contributed by atoms with Crippen molar-refractivity contribution in [3.05, 3.63) is 0 Å². The fourth-order valence-electron chi connectivity index (χ4n) is 2.57. The number of carbonyl (C=O) groups is 4. The molecule has 12 heteroatoms. The number of rotatable bonds is 13. The summed E-state index contributed by atoms with van der Waals surface area (Å²) in [7, 11) is -4.31. The van der Waals surface area contributed by atoms with Crippen molar-refractivity contribution >= 4 is 33.7 Å². The molecule has 0 rings (SSSR count). The number of hydrogen-bond donors (Lipinski definition) is 5. The number of primary amides is 1. The van der Waals surface area contributed by atoms with Gasteiger partial charge in [0.25, 0.3) is 0 Å². The summed E-state index contributed by atoms with van der Waals surface area (Å²) >= 11 is 0. The van der Waals surface area contributed by atoms with Crippen molar-refractivity contribution in [3.8, 4) is 0 Å². The smallest absolute Gasteiger partial charge is 0.304 e. The second kappa shape index (κ2) is 11.7. The minimum absolute atomic E-state index is 0.0696. The van der Waals surface area contributed by atoms with Gasteiger partial charge in [0.05, 0.1) is 6.42 Å². The molecule has 0 fully saturated rings. The molecule has 0 bridgehead atoms. The number of nitrogens with one attached hydrogen (secondary N) is 3. The number of sulfonamides is 1. The summed E-state index contributed by atoms with van der Waals surface area (Å²) in [4.78, 5) is 46.3. The quantitative estimate of drug-likeness (QED) is 0.243. The minimum atomic E-state index is -4.31. The monoisotopic (exact) mass is 436 g/mol. The summed E-state index contributed by atoms with van der Waals surface area (Å²) in [6.45, 7) is 7.58. The van der Waals surface area contributed by atoms with Gasteiger partial charge in [0.1, 0.15) is 17.3 Å². The van der Waals surface area contributed by atoms with Gasteiger partial charge >= 0.3 is 5.97 Å². The highest BCUT2D eigenvalue weighted by Crippen LogP contribution is 2.10. The molecule has 0 aromatic heterocycles. The van der Waals surface area contributed by atoms with Crippen LogP contribution in [0, 0.1) is 11.8 Å². The Kier molecular flexibility index (Phi) is 10.8. The zero-order chi connectivity index (χ0) is 22.9. The largest absolute Gasteiger partial charge is 0.481 e. The van der Waals surface area contributed by atoms with Crippen LogP contribution < -0.4 is 21.1 Å². The van der Waals surface area contributed by atoms with Crippen LogP contribution in [0.2, 0.25) is 0 Å². The normalized spacial score (nSPS) is 14.9. The Hall–Kier alpha value is -2.21. The zero-order valence-corrected chi connectivity index (χ0v) is 18.2. The number of nitrogens with two attached hydrogens (primary N) is 1. The molecule has 3 amide bonds. The Morgan fingerprint density at radius 1 is 1.07 bits per heavy atom. The SMILES string of the molecule is CC(=O)N[C@@H](CC(C)C)C(=O)NCC(CC(=O)O)S(=O)(=O)N[C@H](C(N)=O)C(C)C. The van der Waals surface area contributed by atoms with Crippen molar-refractivity contribution in [2.24, 2.45) is 17.6 Å². The molecule has 0 radical (unpaired) electrons. The number of amides is 3. The van der Waals surface area contributed by atoms with Crippen LogP contribution in [0.1, 0.15) is 47.5 Å². The molecule has 0 saturated heterocycles. The third-order valence-electron chi connectivity index (χ3n) is 4.01. The molecule has 11 nitrogen and oxygen atoms in total. The van der Waals surface area contributed by atoms with Gasteiger partial charge in [0.15, 0.2) is 0 Å². The Bertz CT molecular complexity index is 707. The van der Waals surface area contributed by atoms with Crippen molar-refractivity contribution in [1.29, 1.82) is 0 Å². The molecular formula is C17H32N4O7S. The molecule has 29 heavy (non-hydrogen) atoms. The van der Waals surface area contributed by atoms with Crippen molar-refractivity contribution in [2.75, 3.05) is 6.54 Å². The lowest BCUT2D eigenvalue weighted by atomic mass is 10.0. The fraction of sp³-hybridized carbons (Fsp3) is 0.765. The van der Waals surface area contributed by atoms with E-state index in [0.29, 0.717) is 6.42 Å². The van der Waals surface area contributed by atoms with Crippen LogP contribution in [-0.4, -0.2) is 61.1 Å². The molecular weight excluding hydrogens is 404 g/mol. The van der Waals surface area contributed by atoms with Gasteiger partial charge < -0.3 is 21.5 Å². The van der Waals surface area contributed by atoms with Crippen LogP contribution in [0.25, 0.3) is 0 Å². The van der Waals surface area contributed by atoms with Crippen molar-refractivity contribution < 1.29 is 32.7 Å². The second-order valence-electron chi connectivity index (χ2n) is 7.63. The van der Waals surface area contributed by atoms with Crippen LogP contribution in [0.5, 0.6) is 0 Å². The van der Waals surface area contributed by atoms with E-state index in [1.807, 2.05) is 13.8 Å². The number of aliphatic carboxylic acids is 1. The van der Waals surface area contributed by atoms with Crippen molar-refractivity contribution in [2.45, 2.75) is 64.8 Å². The first-order chi connectivity index (χ1) is 13.2. The Morgan fingerprint density at radius 2 is 1.62 bits per heavy atom. The van der Waals surface area contributed by atoms with E-state index >= 15 is 0 Å². The van der Waals surface area contributed by atoms with E-state index in [1.54, 1.807) is 13.8 Å². The maximum absolute atomic E-state index is 12.6. The van der Waals surface area contributed by atoms with Gasteiger partial charge in [-0.15, -0.1) is 0 Å². The van der Waals surface area contributed by atoms with Crippen LogP contribution in [-0.2, 0) is 29.2 Å². The Balaban J connectivity index is 5.42. The van der Waals surface area contributed by atoms with Gasteiger partial charge in [0.2, 0.25) is 27.7 Å². The van der Waals surface area contributed by atoms with Gasteiger partial charge in [-0.25, -0.2) is 13.1 Å². The van der Waals surface area contributed by atoms with Gasteiger partial charge in [-0.3, -0.25) is 19.2 Å². The van der Waals surface area contributed by atoms with Crippen LogP contribution >= 0.6 is 0 Å². The maximum atomic E-state index is 12.6. The number of carbonyl (C=O) groups excluding carboxylic acids is 3. The number of carboxylic acids is 1. The van der Waals surface area contributed by atoms with Gasteiger partial charge in [-0.05, 0) is 18.3 Å². The van der Waals surface area contributed by atoms with Crippen molar-refractivity contribution in [3.63, 3.8) is 0 Å². The van der Waals surface area contributed by atoms with Gasteiger partial charge in [-0.2, -0.15) is 0 Å². The van der Waals surface area contributed by atoms with E-state index in [1.165, 1.54) is 6.92 Å². The van der Waals surface area contributed by atoms with E-state index < -0.39 is 69.9 Å². The average Bonchev–Trinajstić information content (AvgIpc) is 2.53. The lowest BCUT2D eigenvalue weighted by Gasteiger charge is -2.24. The van der Waals surface area contributed by atoms with E-state index in [-0.39, 0.29) is 5.92 Å². The summed E-state index contributed by atoms with van der Waals surface area (Å²) < 4.78 is 27.4. The van der Waals surface area contributed by atoms with Crippen molar-refractivity contribution in [1.82, 2.24) is 15.4 Å². The lowest BCUT2D eigenvalue weighted by Crippen LogP contribution is -2.54. The summed E-state index contributed by atoms with van der Waals surface area (Å²) in [5.41, 5.74) is 5.21. The molecule has 0 aliphatic rings. The molecule has 0 heterocycles.